The Hall–Kier alpha value is -0.830. The Balaban J connectivity index is 2.35. The summed E-state index contributed by atoms with van der Waals surface area (Å²) in [5, 5.41) is 3.24. The lowest BCUT2D eigenvalue weighted by Gasteiger charge is -2.13. The van der Waals surface area contributed by atoms with Gasteiger partial charge in [-0.25, -0.2) is 4.98 Å². The molecule has 0 aliphatic carbocycles. The van der Waals surface area contributed by atoms with Crippen molar-refractivity contribution in [3.8, 4) is 0 Å². The quantitative estimate of drug-likeness (QED) is 0.747. The van der Waals surface area contributed by atoms with Gasteiger partial charge in [-0.1, -0.05) is 13.3 Å². The van der Waals surface area contributed by atoms with Crippen molar-refractivity contribution in [3.63, 3.8) is 0 Å². The molecule has 0 aromatic carbocycles. The van der Waals surface area contributed by atoms with Gasteiger partial charge < -0.3 is 9.88 Å². The highest BCUT2D eigenvalue weighted by Gasteiger charge is 2.07. The van der Waals surface area contributed by atoms with E-state index < -0.39 is 0 Å². The summed E-state index contributed by atoms with van der Waals surface area (Å²) in [6.45, 7) is 3.36. The van der Waals surface area contributed by atoms with E-state index in [0.29, 0.717) is 0 Å². The number of hydrogen-bond donors (Lipinski definition) is 1. The molecule has 0 radical (unpaired) electrons. The van der Waals surface area contributed by atoms with Crippen LogP contribution < -0.4 is 5.32 Å². The molecule has 14 heavy (non-hydrogen) atoms. The van der Waals surface area contributed by atoms with Crippen LogP contribution in [0.15, 0.2) is 12.4 Å². The smallest absolute Gasteiger partial charge is 0.108 e. The first kappa shape index (κ1) is 11.2. The predicted molar refractivity (Wildman–Crippen MR) is 59.2 cm³/mol. The van der Waals surface area contributed by atoms with Gasteiger partial charge in [0.05, 0.1) is 0 Å². The van der Waals surface area contributed by atoms with E-state index >= 15 is 0 Å². The van der Waals surface area contributed by atoms with Crippen LogP contribution in [0.1, 0.15) is 25.6 Å². The van der Waals surface area contributed by atoms with E-state index in [0.717, 1.165) is 18.9 Å². The zero-order valence-corrected chi connectivity index (χ0v) is 9.45. The molecule has 0 spiro atoms. The molecule has 3 heteroatoms. The maximum absolute atomic E-state index is 4.32. The Morgan fingerprint density at radius 3 is 2.86 bits per heavy atom. The molecule has 0 fully saturated rings. The van der Waals surface area contributed by atoms with Gasteiger partial charge in [-0.2, -0.15) is 0 Å². The minimum atomic E-state index is 0.775. The molecule has 0 saturated carbocycles. The molecule has 0 bridgehead atoms. The van der Waals surface area contributed by atoms with E-state index in [1.165, 1.54) is 18.7 Å². The second kappa shape index (κ2) is 5.81. The molecule has 0 saturated heterocycles. The van der Waals surface area contributed by atoms with Crippen molar-refractivity contribution in [2.75, 3.05) is 13.6 Å². The Morgan fingerprint density at radius 2 is 2.36 bits per heavy atom. The molecule has 1 aromatic heterocycles. The zero-order chi connectivity index (χ0) is 10.4. The third kappa shape index (κ3) is 3.14. The topological polar surface area (TPSA) is 29.9 Å². The Kier molecular flexibility index (Phi) is 4.66. The first-order chi connectivity index (χ1) is 6.77. The fourth-order valence-electron chi connectivity index (χ4n) is 1.71. The number of imidazole rings is 1. The molecule has 80 valence electrons. The maximum atomic E-state index is 4.32. The Bertz CT molecular complexity index is 255. The lowest BCUT2D eigenvalue weighted by atomic mass is 10.0. The summed E-state index contributed by atoms with van der Waals surface area (Å²) >= 11 is 0. The van der Waals surface area contributed by atoms with Gasteiger partial charge >= 0.3 is 0 Å². The first-order valence-corrected chi connectivity index (χ1v) is 5.38. The lowest BCUT2D eigenvalue weighted by Crippen LogP contribution is -2.19. The molecule has 1 aromatic rings. The van der Waals surface area contributed by atoms with Gasteiger partial charge in [-0.05, 0) is 25.9 Å². The minimum Gasteiger partial charge on any atom is -0.338 e. The second-order valence-corrected chi connectivity index (χ2v) is 3.83. The summed E-state index contributed by atoms with van der Waals surface area (Å²) in [4.78, 5) is 4.32. The summed E-state index contributed by atoms with van der Waals surface area (Å²) in [7, 11) is 4.07. The molecule has 0 aliphatic rings. The van der Waals surface area contributed by atoms with Gasteiger partial charge in [0.25, 0.3) is 0 Å². The van der Waals surface area contributed by atoms with Gasteiger partial charge in [0, 0.05) is 25.9 Å². The van der Waals surface area contributed by atoms with E-state index in [1.807, 2.05) is 19.4 Å². The highest BCUT2D eigenvalue weighted by atomic mass is 15.0. The van der Waals surface area contributed by atoms with Crippen LogP contribution in [0.2, 0.25) is 0 Å². The van der Waals surface area contributed by atoms with Crippen LogP contribution in [-0.4, -0.2) is 23.1 Å². The largest absolute Gasteiger partial charge is 0.338 e. The summed E-state index contributed by atoms with van der Waals surface area (Å²) in [5.74, 6) is 1.97. The summed E-state index contributed by atoms with van der Waals surface area (Å²) in [6, 6.07) is 0. The average molecular weight is 195 g/mol. The highest BCUT2D eigenvalue weighted by Crippen LogP contribution is 2.10. The molecule has 3 nitrogen and oxygen atoms in total. The van der Waals surface area contributed by atoms with Crippen LogP contribution in [0.25, 0.3) is 0 Å². The number of aromatic nitrogens is 2. The SMILES string of the molecule is CCC(CCc1nccn1C)CNC. The molecule has 1 heterocycles. The fourth-order valence-corrected chi connectivity index (χ4v) is 1.71. The average Bonchev–Trinajstić information content (AvgIpc) is 2.59. The van der Waals surface area contributed by atoms with Crippen LogP contribution in [0.5, 0.6) is 0 Å². The first-order valence-electron chi connectivity index (χ1n) is 5.38. The van der Waals surface area contributed by atoms with Crippen molar-refractivity contribution in [2.45, 2.75) is 26.2 Å². The van der Waals surface area contributed by atoms with Crippen LogP contribution in [0.3, 0.4) is 0 Å². The van der Waals surface area contributed by atoms with E-state index in [9.17, 15) is 0 Å². The van der Waals surface area contributed by atoms with Crippen LogP contribution in [0.4, 0.5) is 0 Å². The summed E-state index contributed by atoms with van der Waals surface area (Å²) < 4.78 is 2.10. The summed E-state index contributed by atoms with van der Waals surface area (Å²) in [5.41, 5.74) is 0. The van der Waals surface area contributed by atoms with Crippen molar-refractivity contribution in [2.24, 2.45) is 13.0 Å². The molecular formula is C11H21N3. The maximum Gasteiger partial charge on any atom is 0.108 e. The van der Waals surface area contributed by atoms with E-state index in [2.05, 4.69) is 28.8 Å². The highest BCUT2D eigenvalue weighted by molar-refractivity contribution is 4.91. The molecular weight excluding hydrogens is 174 g/mol. The van der Waals surface area contributed by atoms with Crippen molar-refractivity contribution in [1.82, 2.24) is 14.9 Å². The van der Waals surface area contributed by atoms with E-state index in [1.54, 1.807) is 0 Å². The van der Waals surface area contributed by atoms with Crippen molar-refractivity contribution in [1.29, 1.82) is 0 Å². The fraction of sp³-hybridized carbons (Fsp3) is 0.727. The lowest BCUT2D eigenvalue weighted by molar-refractivity contribution is 0.443. The van der Waals surface area contributed by atoms with Crippen molar-refractivity contribution in [3.05, 3.63) is 18.2 Å². The third-order valence-electron chi connectivity index (χ3n) is 2.77. The molecule has 1 atom stereocenters. The molecule has 0 amide bonds. The number of nitrogens with one attached hydrogen (secondary N) is 1. The van der Waals surface area contributed by atoms with Crippen LogP contribution in [0, 0.1) is 5.92 Å². The van der Waals surface area contributed by atoms with Gasteiger partial charge in [0.2, 0.25) is 0 Å². The van der Waals surface area contributed by atoms with Gasteiger partial charge in [-0.15, -0.1) is 0 Å². The number of aryl methyl sites for hydroxylation is 2. The summed E-state index contributed by atoms with van der Waals surface area (Å²) in [6.07, 6.45) is 7.43. The Morgan fingerprint density at radius 1 is 1.57 bits per heavy atom. The standard InChI is InChI=1S/C11H21N3/c1-4-10(9-12-2)5-6-11-13-7-8-14(11)3/h7-8,10,12H,4-6,9H2,1-3H3. The minimum absolute atomic E-state index is 0.775. The molecule has 1 rings (SSSR count). The van der Waals surface area contributed by atoms with Crippen LogP contribution in [-0.2, 0) is 13.5 Å². The van der Waals surface area contributed by atoms with Gasteiger partial charge in [-0.3, -0.25) is 0 Å². The predicted octanol–water partition coefficient (Wildman–Crippen LogP) is 1.60. The van der Waals surface area contributed by atoms with Crippen LogP contribution >= 0.6 is 0 Å². The number of hydrogen-bond acceptors (Lipinski definition) is 2. The van der Waals surface area contributed by atoms with Gasteiger partial charge in [0.15, 0.2) is 0 Å². The monoisotopic (exact) mass is 195 g/mol. The zero-order valence-electron chi connectivity index (χ0n) is 9.45. The Labute approximate surface area is 86.5 Å². The molecule has 0 aliphatic heterocycles. The normalized spacial score (nSPS) is 13.1. The van der Waals surface area contributed by atoms with Crippen molar-refractivity contribution < 1.29 is 0 Å². The molecule has 1 unspecified atom stereocenters. The third-order valence-corrected chi connectivity index (χ3v) is 2.77. The number of rotatable bonds is 6. The van der Waals surface area contributed by atoms with E-state index in [-0.39, 0.29) is 0 Å². The van der Waals surface area contributed by atoms with Gasteiger partial charge in [0.1, 0.15) is 5.82 Å². The second-order valence-electron chi connectivity index (χ2n) is 3.83. The number of nitrogens with zero attached hydrogens (tertiary/aromatic N) is 2. The van der Waals surface area contributed by atoms with E-state index in [4.69, 9.17) is 0 Å². The molecule has 1 N–H and O–H groups in total. The van der Waals surface area contributed by atoms with Crippen molar-refractivity contribution >= 4 is 0 Å².